The van der Waals surface area contributed by atoms with Crippen molar-refractivity contribution in [1.82, 2.24) is 9.80 Å². The predicted molar refractivity (Wildman–Crippen MR) is 308 cm³/mol. The van der Waals surface area contributed by atoms with Gasteiger partial charge in [-0.2, -0.15) is 0 Å². The number of amides is 4. The molecule has 4 amide bonds. The van der Waals surface area contributed by atoms with Crippen molar-refractivity contribution in [2.75, 3.05) is 13.1 Å². The zero-order valence-corrected chi connectivity index (χ0v) is 45.9. The Labute approximate surface area is 438 Å². The Balaban J connectivity index is 1.18. The third-order valence-corrected chi connectivity index (χ3v) is 20.8. The number of imide groups is 2. The minimum Gasteiger partial charge on any atom is -0.274 e. The maximum absolute atomic E-state index is 15.3. The lowest BCUT2D eigenvalue weighted by molar-refractivity contribution is 0.0577. The molecule has 0 saturated carbocycles. The third-order valence-electron chi connectivity index (χ3n) is 15.5. The summed E-state index contributed by atoms with van der Waals surface area (Å²) in [6.07, 6.45) is 11.5. The van der Waals surface area contributed by atoms with Gasteiger partial charge in [-0.1, -0.05) is 92.2 Å². The van der Waals surface area contributed by atoms with Crippen LogP contribution in [-0.2, 0) is 10.8 Å². The first-order chi connectivity index (χ1) is 34.5. The first kappa shape index (κ1) is 48.5. The van der Waals surface area contributed by atoms with Crippen LogP contribution >= 0.6 is 45.3 Å². The molecule has 2 unspecified atom stereocenters. The Bertz CT molecular complexity index is 3750. The van der Waals surface area contributed by atoms with Gasteiger partial charge in [0.05, 0.1) is 5.56 Å². The fraction of sp³-hybridized carbons (Fsp3) is 0.323. The smallest absolute Gasteiger partial charge is 0.262 e. The number of allylic oxidation sites excluding steroid dienone is 3. The van der Waals surface area contributed by atoms with Gasteiger partial charge in [0.15, 0.2) is 0 Å². The van der Waals surface area contributed by atoms with Crippen molar-refractivity contribution in [3.8, 4) is 30.6 Å². The number of fused-ring (bicyclic) bond motifs is 3. The number of carbonyl (C=O) groups is 4. The molecule has 2 aliphatic rings. The first-order valence-electron chi connectivity index (χ1n) is 25.5. The SMILES string of the molecule is C=CCC(C)(CC)c1ccc(-c2cc3c4c(ccc5c6cc(-c7ccc(-c8cc9sc(C(C)(C/C=C/C)CCC)cc9s8)s7)c7c8c(ccc(c2c45)c86)C(=O)N(CC(C)C)C7=O)C(=O)N(CC(C)C)C3=O)s1. The molecule has 0 N–H and O–H groups in total. The van der Waals surface area contributed by atoms with Gasteiger partial charge in [-0.15, -0.1) is 51.9 Å². The van der Waals surface area contributed by atoms with Crippen LogP contribution in [0.5, 0.6) is 0 Å². The topological polar surface area (TPSA) is 74.8 Å². The van der Waals surface area contributed by atoms with Crippen molar-refractivity contribution in [2.45, 2.75) is 105 Å². The van der Waals surface area contributed by atoms with E-state index in [1.54, 1.807) is 22.7 Å². The zero-order valence-electron chi connectivity index (χ0n) is 42.6. The van der Waals surface area contributed by atoms with Gasteiger partial charge in [-0.05, 0) is 137 Å². The van der Waals surface area contributed by atoms with Gasteiger partial charge in [0.1, 0.15) is 0 Å². The van der Waals surface area contributed by atoms with Crippen LogP contribution in [0, 0.1) is 11.8 Å². The summed E-state index contributed by atoms with van der Waals surface area (Å²) in [5.41, 5.74) is 3.72. The van der Waals surface area contributed by atoms with Crippen LogP contribution in [0.4, 0.5) is 0 Å². The molecule has 11 rings (SSSR count). The minimum absolute atomic E-state index is 0.0629. The molecule has 0 bridgehead atoms. The van der Waals surface area contributed by atoms with Gasteiger partial charge >= 0.3 is 0 Å². The van der Waals surface area contributed by atoms with Crippen LogP contribution in [-0.4, -0.2) is 46.5 Å². The Hall–Kier alpha value is -5.78. The molecule has 4 aromatic heterocycles. The van der Waals surface area contributed by atoms with Gasteiger partial charge in [-0.3, -0.25) is 29.0 Å². The molecular weight excluding hydrogens is 965 g/mol. The molecular formula is C62H60N2O4S4. The van der Waals surface area contributed by atoms with Crippen LogP contribution < -0.4 is 0 Å². The largest absolute Gasteiger partial charge is 0.274 e. The van der Waals surface area contributed by atoms with Gasteiger partial charge in [0.2, 0.25) is 0 Å². The molecule has 2 atom stereocenters. The van der Waals surface area contributed by atoms with Crippen LogP contribution in [0.25, 0.3) is 83.1 Å². The maximum Gasteiger partial charge on any atom is 0.262 e. The van der Waals surface area contributed by atoms with Gasteiger partial charge in [0, 0.05) is 101 Å². The Morgan fingerprint density at radius 2 is 1.18 bits per heavy atom. The molecule has 6 nitrogen and oxygen atoms in total. The average Bonchev–Trinajstić information content (AvgIpc) is 4.19. The standard InChI is InChI=1S/C62H60N2O4S4/c1-11-15-26-62(10,25-13-3)50-30-48-47(72-50)29-46(70-48)45-21-20-43(69-45)41-27-39-35-16-18-37-53-42(59(67)63(57(37)65)31-33(5)6)28-40(44-22-23-49(71-44)61(9,14-4)24-12-2)52(54(35)53)36-17-19-38-55(51(36)39)56(41)60(68)64(58(38)66)32-34(7)8/h11-12,15-23,27-30,33-34H,2,13-14,24-26,31-32H2,1,3-10H3/b15-11+. The third kappa shape index (κ3) is 7.40. The summed E-state index contributed by atoms with van der Waals surface area (Å²) in [6, 6.07) is 25.5. The first-order valence-corrected chi connectivity index (χ1v) is 28.8. The molecule has 72 heavy (non-hydrogen) atoms. The molecule has 2 aliphatic heterocycles. The van der Waals surface area contributed by atoms with Crippen molar-refractivity contribution in [2.24, 2.45) is 11.8 Å². The van der Waals surface area contributed by atoms with Crippen LogP contribution in [0.15, 0.2) is 97.6 Å². The molecule has 0 fully saturated rings. The number of nitrogens with zero attached hydrogens (tertiary/aromatic N) is 2. The second-order valence-corrected chi connectivity index (χ2v) is 25.8. The molecule has 5 aromatic carbocycles. The molecule has 9 aromatic rings. The quantitative estimate of drug-likeness (QED) is 0.0418. The molecule has 0 radical (unpaired) electrons. The van der Waals surface area contributed by atoms with E-state index in [9.17, 15) is 14.4 Å². The number of hydrogen-bond acceptors (Lipinski definition) is 8. The number of benzene rings is 5. The summed E-state index contributed by atoms with van der Waals surface area (Å²) in [5.74, 6) is -1.00. The number of thiophene rings is 4. The predicted octanol–water partition coefficient (Wildman–Crippen LogP) is 17.9. The second-order valence-electron chi connectivity index (χ2n) is 21.5. The second kappa shape index (κ2) is 18.0. The lowest BCUT2D eigenvalue weighted by Gasteiger charge is -2.32. The highest BCUT2D eigenvalue weighted by atomic mass is 32.1. The van der Waals surface area contributed by atoms with Crippen molar-refractivity contribution in [3.05, 3.63) is 130 Å². The maximum atomic E-state index is 15.3. The molecule has 10 heteroatoms. The lowest BCUT2D eigenvalue weighted by atomic mass is 9.79. The summed E-state index contributed by atoms with van der Waals surface area (Å²) in [7, 11) is 0. The number of hydrogen-bond donors (Lipinski definition) is 0. The van der Waals surface area contributed by atoms with E-state index in [0.717, 1.165) is 90.2 Å². The fourth-order valence-electron chi connectivity index (χ4n) is 11.7. The monoisotopic (exact) mass is 1020 g/mol. The van der Waals surface area contributed by atoms with Crippen molar-refractivity contribution in [1.29, 1.82) is 0 Å². The summed E-state index contributed by atoms with van der Waals surface area (Å²) in [4.78, 5) is 69.3. The van der Waals surface area contributed by atoms with Gasteiger partial charge < -0.3 is 0 Å². The highest BCUT2D eigenvalue weighted by Crippen LogP contribution is 2.54. The fourth-order valence-corrected chi connectivity index (χ4v) is 16.6. The lowest BCUT2D eigenvalue weighted by Crippen LogP contribution is -2.42. The molecule has 0 saturated heterocycles. The molecule has 0 spiro atoms. The van der Waals surface area contributed by atoms with Crippen LogP contribution in [0.2, 0.25) is 0 Å². The van der Waals surface area contributed by atoms with Gasteiger partial charge in [-0.25, -0.2) is 0 Å². The van der Waals surface area contributed by atoms with Crippen molar-refractivity contribution < 1.29 is 19.2 Å². The Morgan fingerprint density at radius 1 is 0.542 bits per heavy atom. The minimum atomic E-state index is -0.289. The molecule has 6 heterocycles. The summed E-state index contributed by atoms with van der Waals surface area (Å²) >= 11 is 7.14. The van der Waals surface area contributed by atoms with E-state index in [0.29, 0.717) is 46.1 Å². The highest BCUT2D eigenvalue weighted by molar-refractivity contribution is 7.31. The zero-order chi connectivity index (χ0) is 50.7. The normalized spacial score (nSPS) is 15.9. The van der Waals surface area contributed by atoms with Crippen LogP contribution in [0.1, 0.15) is 146 Å². The average molecular weight is 1030 g/mol. The molecule has 366 valence electrons. The van der Waals surface area contributed by atoms with E-state index in [1.807, 2.05) is 86.8 Å². The Kier molecular flexibility index (Phi) is 12.1. The van der Waals surface area contributed by atoms with E-state index in [2.05, 4.69) is 95.8 Å². The van der Waals surface area contributed by atoms with Crippen LogP contribution in [0.3, 0.4) is 0 Å². The van der Waals surface area contributed by atoms with E-state index in [1.165, 1.54) is 33.8 Å². The van der Waals surface area contributed by atoms with E-state index < -0.39 is 0 Å². The van der Waals surface area contributed by atoms with E-state index in [4.69, 9.17) is 0 Å². The highest BCUT2D eigenvalue weighted by Gasteiger charge is 2.40. The number of rotatable bonds is 16. The van der Waals surface area contributed by atoms with E-state index in [-0.39, 0.29) is 46.3 Å². The molecule has 0 aliphatic carbocycles. The number of carbonyl (C=O) groups excluding carboxylic acids is 4. The Morgan fingerprint density at radius 3 is 1.85 bits per heavy atom. The summed E-state index contributed by atoms with van der Waals surface area (Å²) in [5, 5.41) is 6.59. The summed E-state index contributed by atoms with van der Waals surface area (Å²) < 4.78 is 2.58. The van der Waals surface area contributed by atoms with Crippen molar-refractivity contribution in [3.63, 3.8) is 0 Å². The van der Waals surface area contributed by atoms with Gasteiger partial charge in [0.25, 0.3) is 23.6 Å². The summed E-state index contributed by atoms with van der Waals surface area (Å²) in [6.45, 7) is 24.1. The van der Waals surface area contributed by atoms with Crippen molar-refractivity contribution >= 4 is 121 Å². The van der Waals surface area contributed by atoms with E-state index >= 15 is 4.79 Å².